The number of Topliss-reactive ketones (excluding diaryl/α,β-unsaturated/α-hetero) is 2. The highest BCUT2D eigenvalue weighted by Gasteiger charge is 2.67. The van der Waals surface area contributed by atoms with Crippen molar-refractivity contribution in [3.8, 4) is 0 Å². The van der Waals surface area contributed by atoms with Crippen molar-refractivity contribution in [3.05, 3.63) is 22.8 Å². The predicted octanol–water partition coefficient (Wildman–Crippen LogP) is 5.63. The monoisotopic (exact) mass is 408 g/mol. The third-order valence-electron chi connectivity index (χ3n) is 10.9. The van der Waals surface area contributed by atoms with Crippen molar-refractivity contribution >= 4 is 17.3 Å². The van der Waals surface area contributed by atoms with E-state index in [4.69, 9.17) is 0 Å². The SMILES string of the molecule is CC1=CC(=O)C2=C(C[C@@H]3[C@]4(C)CCC5C(C)(C)C(=O)CC[C@]5(C)[C@@H]4CC[C@@]23C)C1=O. The van der Waals surface area contributed by atoms with Gasteiger partial charge in [0.25, 0.3) is 0 Å². The van der Waals surface area contributed by atoms with E-state index in [-0.39, 0.29) is 33.2 Å². The normalized spacial score (nSPS) is 47.3. The van der Waals surface area contributed by atoms with Gasteiger partial charge in [-0.25, -0.2) is 0 Å². The Labute approximate surface area is 180 Å². The molecule has 0 spiro atoms. The minimum atomic E-state index is -0.241. The second-order valence-corrected chi connectivity index (χ2v) is 12.4. The first kappa shape index (κ1) is 20.4. The number of allylic oxidation sites excluding steroid dienone is 4. The molecule has 162 valence electrons. The van der Waals surface area contributed by atoms with E-state index in [9.17, 15) is 14.4 Å². The van der Waals surface area contributed by atoms with E-state index in [1.165, 1.54) is 0 Å². The van der Waals surface area contributed by atoms with Crippen LogP contribution in [0, 0.1) is 39.4 Å². The average Bonchev–Trinajstić information content (AvgIpc) is 2.98. The number of fused-ring (bicyclic) bond motifs is 6. The van der Waals surface area contributed by atoms with Gasteiger partial charge in [-0.05, 0) is 80.1 Å². The Hall–Kier alpha value is -1.51. The lowest BCUT2D eigenvalue weighted by molar-refractivity contribution is -0.186. The molecule has 5 aliphatic carbocycles. The topological polar surface area (TPSA) is 51.2 Å². The van der Waals surface area contributed by atoms with Crippen LogP contribution in [0.3, 0.4) is 0 Å². The molecule has 0 aromatic rings. The lowest BCUT2D eigenvalue weighted by atomic mass is 9.37. The molecule has 0 aromatic carbocycles. The third kappa shape index (κ3) is 2.20. The van der Waals surface area contributed by atoms with Gasteiger partial charge in [-0.1, -0.05) is 34.6 Å². The maximum absolute atomic E-state index is 13.0. The molecule has 5 aliphatic rings. The van der Waals surface area contributed by atoms with Gasteiger partial charge in [0.1, 0.15) is 5.78 Å². The van der Waals surface area contributed by atoms with Crippen LogP contribution in [0.4, 0.5) is 0 Å². The maximum Gasteiger partial charge on any atom is 0.185 e. The van der Waals surface area contributed by atoms with Crippen molar-refractivity contribution in [2.75, 3.05) is 0 Å². The molecule has 3 heteroatoms. The summed E-state index contributed by atoms with van der Waals surface area (Å²) in [5.74, 6) is 1.95. The number of carbonyl (C=O) groups excluding carboxylic acids is 3. The molecule has 5 rings (SSSR count). The van der Waals surface area contributed by atoms with Gasteiger partial charge >= 0.3 is 0 Å². The Morgan fingerprint density at radius 2 is 1.47 bits per heavy atom. The zero-order chi connectivity index (χ0) is 21.9. The van der Waals surface area contributed by atoms with E-state index < -0.39 is 0 Å². The summed E-state index contributed by atoms with van der Waals surface area (Å²) in [4.78, 5) is 38.8. The highest BCUT2D eigenvalue weighted by Crippen LogP contribution is 2.73. The molecule has 3 nitrogen and oxygen atoms in total. The van der Waals surface area contributed by atoms with E-state index in [0.717, 1.165) is 49.7 Å². The third-order valence-corrected chi connectivity index (χ3v) is 10.9. The predicted molar refractivity (Wildman–Crippen MR) is 117 cm³/mol. The van der Waals surface area contributed by atoms with Crippen molar-refractivity contribution in [1.82, 2.24) is 0 Å². The van der Waals surface area contributed by atoms with Crippen LogP contribution in [-0.2, 0) is 14.4 Å². The van der Waals surface area contributed by atoms with Crippen molar-refractivity contribution in [2.45, 2.75) is 86.5 Å². The standard InChI is InChI=1S/C27H36O3/c1-15-13-17(28)22-16(23(15)30)14-20-26(5)10-7-18-24(2,3)21(29)9-12-25(18,4)19(26)8-11-27(20,22)6/h13,18-20H,7-12,14H2,1-6H3/t18?,19-,20+,25-,26+,27+/m0/s1. The maximum atomic E-state index is 13.0. The van der Waals surface area contributed by atoms with Gasteiger partial charge in [-0.15, -0.1) is 0 Å². The summed E-state index contributed by atoms with van der Waals surface area (Å²) in [5, 5.41) is 0. The van der Waals surface area contributed by atoms with E-state index in [1.54, 1.807) is 13.0 Å². The molecule has 0 saturated heterocycles. The molecule has 1 unspecified atom stereocenters. The van der Waals surface area contributed by atoms with Gasteiger partial charge in [0.2, 0.25) is 0 Å². The first-order valence-electron chi connectivity index (χ1n) is 11.9. The molecule has 0 heterocycles. The summed E-state index contributed by atoms with van der Waals surface area (Å²) in [7, 11) is 0. The van der Waals surface area contributed by atoms with Crippen LogP contribution in [-0.4, -0.2) is 17.3 Å². The number of ketones is 3. The Morgan fingerprint density at radius 1 is 0.833 bits per heavy atom. The van der Waals surface area contributed by atoms with Gasteiger partial charge in [-0.2, -0.15) is 0 Å². The van der Waals surface area contributed by atoms with E-state index in [2.05, 4.69) is 34.6 Å². The lowest BCUT2D eigenvalue weighted by Gasteiger charge is -2.67. The van der Waals surface area contributed by atoms with Crippen molar-refractivity contribution in [2.24, 2.45) is 39.4 Å². The zero-order valence-corrected chi connectivity index (χ0v) is 19.5. The molecule has 0 aliphatic heterocycles. The van der Waals surface area contributed by atoms with Gasteiger partial charge < -0.3 is 0 Å². The van der Waals surface area contributed by atoms with E-state index in [1.807, 2.05) is 0 Å². The molecule has 0 N–H and O–H groups in total. The molecule has 3 saturated carbocycles. The summed E-state index contributed by atoms with van der Waals surface area (Å²) in [6, 6.07) is 0. The van der Waals surface area contributed by atoms with E-state index in [0.29, 0.717) is 35.5 Å². The molecular weight excluding hydrogens is 372 g/mol. The largest absolute Gasteiger partial charge is 0.299 e. The number of rotatable bonds is 0. The molecular formula is C27H36O3. The van der Waals surface area contributed by atoms with Crippen LogP contribution < -0.4 is 0 Å². The first-order chi connectivity index (χ1) is 13.9. The summed E-state index contributed by atoms with van der Waals surface area (Å²) >= 11 is 0. The molecule has 6 atom stereocenters. The van der Waals surface area contributed by atoms with Crippen LogP contribution >= 0.6 is 0 Å². The second-order valence-electron chi connectivity index (χ2n) is 12.4. The van der Waals surface area contributed by atoms with Crippen LogP contribution in [0.15, 0.2) is 22.8 Å². The molecule has 0 aromatic heterocycles. The first-order valence-corrected chi connectivity index (χ1v) is 11.9. The second kappa shape index (κ2) is 5.84. The minimum Gasteiger partial charge on any atom is -0.299 e. The fraction of sp³-hybridized carbons (Fsp3) is 0.741. The summed E-state index contributed by atoms with van der Waals surface area (Å²) in [6.45, 7) is 13.3. The van der Waals surface area contributed by atoms with Gasteiger partial charge in [0.15, 0.2) is 11.6 Å². The Balaban J connectivity index is 1.57. The number of hydrogen-bond acceptors (Lipinski definition) is 3. The van der Waals surface area contributed by atoms with Crippen LogP contribution in [0.5, 0.6) is 0 Å². The smallest absolute Gasteiger partial charge is 0.185 e. The van der Waals surface area contributed by atoms with Crippen molar-refractivity contribution in [1.29, 1.82) is 0 Å². The molecule has 0 radical (unpaired) electrons. The fourth-order valence-corrected chi connectivity index (χ4v) is 9.43. The minimum absolute atomic E-state index is 0.0819. The molecule has 0 bridgehead atoms. The highest BCUT2D eigenvalue weighted by molar-refractivity contribution is 6.23. The zero-order valence-electron chi connectivity index (χ0n) is 19.5. The van der Waals surface area contributed by atoms with Gasteiger partial charge in [0.05, 0.1) is 0 Å². The highest BCUT2D eigenvalue weighted by atomic mass is 16.1. The number of carbonyl (C=O) groups is 3. The summed E-state index contributed by atoms with van der Waals surface area (Å²) in [5.41, 5.74) is 2.11. The van der Waals surface area contributed by atoms with E-state index >= 15 is 0 Å². The average molecular weight is 409 g/mol. The Bertz CT molecular complexity index is 949. The fourth-order valence-electron chi connectivity index (χ4n) is 9.43. The molecule has 0 amide bonds. The van der Waals surface area contributed by atoms with Crippen molar-refractivity contribution in [3.63, 3.8) is 0 Å². The molecule has 3 fully saturated rings. The van der Waals surface area contributed by atoms with Crippen LogP contribution in [0.2, 0.25) is 0 Å². The number of hydrogen-bond donors (Lipinski definition) is 0. The quantitative estimate of drug-likeness (QED) is 0.488. The summed E-state index contributed by atoms with van der Waals surface area (Å²) in [6.07, 6.45) is 8.30. The van der Waals surface area contributed by atoms with Crippen LogP contribution in [0.25, 0.3) is 0 Å². The summed E-state index contributed by atoms with van der Waals surface area (Å²) < 4.78 is 0. The Morgan fingerprint density at radius 3 is 2.17 bits per heavy atom. The van der Waals surface area contributed by atoms with Crippen molar-refractivity contribution < 1.29 is 14.4 Å². The van der Waals surface area contributed by atoms with Crippen LogP contribution in [0.1, 0.15) is 86.5 Å². The Kier molecular flexibility index (Phi) is 3.97. The van der Waals surface area contributed by atoms with Gasteiger partial charge in [0, 0.05) is 34.0 Å². The molecule has 30 heavy (non-hydrogen) atoms. The lowest BCUT2D eigenvalue weighted by Crippen LogP contribution is -2.62. The van der Waals surface area contributed by atoms with Gasteiger partial charge in [-0.3, -0.25) is 14.4 Å².